The highest BCUT2D eigenvalue weighted by molar-refractivity contribution is 7.89. The van der Waals surface area contributed by atoms with Gasteiger partial charge in [0.2, 0.25) is 20.0 Å². The van der Waals surface area contributed by atoms with Gasteiger partial charge in [-0.25, -0.2) is 16.8 Å². The van der Waals surface area contributed by atoms with Crippen molar-refractivity contribution in [2.75, 3.05) is 39.5 Å². The summed E-state index contributed by atoms with van der Waals surface area (Å²) < 4.78 is 55.8. The summed E-state index contributed by atoms with van der Waals surface area (Å²) in [6, 6.07) is 6.59. The summed E-state index contributed by atoms with van der Waals surface area (Å²) >= 11 is 0. The van der Waals surface area contributed by atoms with Gasteiger partial charge in [0, 0.05) is 33.3 Å². The molecule has 1 aliphatic heterocycles. The van der Waals surface area contributed by atoms with E-state index in [1.807, 2.05) is 0 Å². The molecule has 0 amide bonds. The van der Waals surface area contributed by atoms with E-state index < -0.39 is 20.0 Å². The number of hydrogen-bond donors (Lipinski definition) is 0. The molecule has 9 heteroatoms. The zero-order valence-electron chi connectivity index (χ0n) is 12.6. The lowest BCUT2D eigenvalue weighted by Gasteiger charge is -2.32. The lowest BCUT2D eigenvalue weighted by molar-refractivity contribution is 0.184. The van der Waals surface area contributed by atoms with Crippen molar-refractivity contribution in [2.45, 2.75) is 11.5 Å². The fourth-order valence-electron chi connectivity index (χ4n) is 2.35. The lowest BCUT2D eigenvalue weighted by Crippen LogP contribution is -2.50. The molecule has 0 spiro atoms. The van der Waals surface area contributed by atoms with Crippen molar-refractivity contribution in [3.05, 3.63) is 29.8 Å². The zero-order chi connectivity index (χ0) is 16.4. The van der Waals surface area contributed by atoms with Crippen LogP contribution < -0.4 is 0 Å². The number of hydrogen-bond acceptors (Lipinski definition) is 5. The molecule has 1 aromatic carbocycles. The molecule has 7 nitrogen and oxygen atoms in total. The summed E-state index contributed by atoms with van der Waals surface area (Å²) in [5.74, 6) is 0. The number of piperazine rings is 1. The molecule has 2 rings (SSSR count). The highest BCUT2D eigenvalue weighted by Gasteiger charge is 2.31. The van der Waals surface area contributed by atoms with Crippen LogP contribution in [0, 0.1) is 0 Å². The fourth-order valence-corrected chi connectivity index (χ4v) is 4.67. The molecule has 124 valence electrons. The van der Waals surface area contributed by atoms with Gasteiger partial charge in [0.25, 0.3) is 0 Å². The molecular formula is C13H20N2O5S2. The second-order valence-electron chi connectivity index (χ2n) is 5.15. The first-order valence-electron chi connectivity index (χ1n) is 6.78. The number of ether oxygens (including phenoxy) is 1. The third kappa shape index (κ3) is 3.85. The molecule has 0 unspecified atom stereocenters. The Morgan fingerprint density at radius 2 is 1.64 bits per heavy atom. The monoisotopic (exact) mass is 348 g/mol. The largest absolute Gasteiger partial charge is 0.380 e. The van der Waals surface area contributed by atoms with Gasteiger partial charge in [-0.15, -0.1) is 0 Å². The third-order valence-corrected chi connectivity index (χ3v) is 6.71. The molecule has 1 fully saturated rings. The predicted molar refractivity (Wildman–Crippen MR) is 82.3 cm³/mol. The molecule has 1 heterocycles. The predicted octanol–water partition coefficient (Wildman–Crippen LogP) is 0.0989. The Morgan fingerprint density at radius 3 is 2.18 bits per heavy atom. The summed E-state index contributed by atoms with van der Waals surface area (Å²) in [5, 5.41) is 0. The number of methoxy groups -OCH3 is 1. The summed E-state index contributed by atoms with van der Waals surface area (Å²) in [7, 11) is -5.35. The first-order chi connectivity index (χ1) is 10.2. The van der Waals surface area contributed by atoms with Gasteiger partial charge >= 0.3 is 0 Å². The SMILES string of the molecule is COCc1cccc(S(=O)(=O)N2CCN(S(C)(=O)=O)CC2)c1. The smallest absolute Gasteiger partial charge is 0.243 e. The van der Waals surface area contributed by atoms with Crippen LogP contribution in [0.3, 0.4) is 0 Å². The van der Waals surface area contributed by atoms with Crippen LogP contribution in [-0.2, 0) is 31.4 Å². The molecule has 1 aliphatic rings. The van der Waals surface area contributed by atoms with Crippen LogP contribution in [0.2, 0.25) is 0 Å². The summed E-state index contributed by atoms with van der Waals surface area (Å²) in [5.41, 5.74) is 0.776. The van der Waals surface area contributed by atoms with Crippen molar-refractivity contribution in [1.82, 2.24) is 8.61 Å². The fraction of sp³-hybridized carbons (Fsp3) is 0.538. The molecule has 0 bridgehead atoms. The van der Waals surface area contributed by atoms with E-state index in [4.69, 9.17) is 4.74 Å². The molecule has 0 aliphatic carbocycles. The Morgan fingerprint density at radius 1 is 1.05 bits per heavy atom. The maximum Gasteiger partial charge on any atom is 0.243 e. The van der Waals surface area contributed by atoms with Gasteiger partial charge < -0.3 is 4.74 Å². The number of benzene rings is 1. The van der Waals surface area contributed by atoms with E-state index in [0.29, 0.717) is 6.61 Å². The molecule has 0 atom stereocenters. The van der Waals surface area contributed by atoms with Crippen molar-refractivity contribution >= 4 is 20.0 Å². The van der Waals surface area contributed by atoms with Crippen LogP contribution in [0.4, 0.5) is 0 Å². The minimum absolute atomic E-state index is 0.157. The second-order valence-corrected chi connectivity index (χ2v) is 9.07. The average Bonchev–Trinajstić information content (AvgIpc) is 2.47. The lowest BCUT2D eigenvalue weighted by atomic mass is 10.2. The van der Waals surface area contributed by atoms with Crippen LogP contribution in [0.25, 0.3) is 0 Å². The van der Waals surface area contributed by atoms with Crippen LogP contribution in [0.15, 0.2) is 29.2 Å². The quantitative estimate of drug-likeness (QED) is 0.753. The van der Waals surface area contributed by atoms with E-state index in [1.165, 1.54) is 14.7 Å². The van der Waals surface area contributed by atoms with Gasteiger partial charge in [-0.2, -0.15) is 8.61 Å². The number of nitrogens with zero attached hydrogens (tertiary/aromatic N) is 2. The maximum absolute atomic E-state index is 12.6. The molecule has 0 N–H and O–H groups in total. The van der Waals surface area contributed by atoms with Gasteiger partial charge in [0.05, 0.1) is 17.8 Å². The summed E-state index contributed by atoms with van der Waals surface area (Å²) in [4.78, 5) is 0.204. The number of sulfonamides is 2. The topological polar surface area (TPSA) is 84.0 Å². The minimum Gasteiger partial charge on any atom is -0.380 e. The van der Waals surface area contributed by atoms with E-state index >= 15 is 0 Å². The molecule has 0 aromatic heterocycles. The normalized spacial score (nSPS) is 18.5. The van der Waals surface area contributed by atoms with Gasteiger partial charge in [0.1, 0.15) is 0 Å². The summed E-state index contributed by atoms with van der Waals surface area (Å²) in [6.45, 7) is 1.00. The van der Waals surface area contributed by atoms with Gasteiger partial charge in [-0.05, 0) is 17.7 Å². The minimum atomic E-state index is -3.62. The van der Waals surface area contributed by atoms with Crippen LogP contribution in [0.5, 0.6) is 0 Å². The average molecular weight is 348 g/mol. The zero-order valence-corrected chi connectivity index (χ0v) is 14.2. The molecular weight excluding hydrogens is 328 g/mol. The Labute approximate surface area is 131 Å². The summed E-state index contributed by atoms with van der Waals surface area (Å²) in [6.07, 6.45) is 1.13. The Bertz CT molecular complexity index is 723. The molecule has 1 aromatic rings. The van der Waals surface area contributed by atoms with E-state index in [1.54, 1.807) is 25.3 Å². The Balaban J connectivity index is 2.17. The first-order valence-corrected chi connectivity index (χ1v) is 10.1. The van der Waals surface area contributed by atoms with Crippen LogP contribution >= 0.6 is 0 Å². The second kappa shape index (κ2) is 6.63. The molecule has 1 saturated heterocycles. The number of rotatable bonds is 5. The standard InChI is InChI=1S/C13H20N2O5S2/c1-20-11-12-4-3-5-13(10-12)22(18,19)15-8-6-14(7-9-15)21(2,16)17/h3-5,10H,6-9,11H2,1-2H3. The molecule has 0 saturated carbocycles. The van der Waals surface area contributed by atoms with Crippen molar-refractivity contribution < 1.29 is 21.6 Å². The Hall–Kier alpha value is -1.00. The van der Waals surface area contributed by atoms with Gasteiger partial charge in [0.15, 0.2) is 0 Å². The van der Waals surface area contributed by atoms with Crippen LogP contribution in [-0.4, -0.2) is 65.0 Å². The van der Waals surface area contributed by atoms with Crippen molar-refractivity contribution in [2.24, 2.45) is 0 Å². The van der Waals surface area contributed by atoms with Crippen molar-refractivity contribution in [3.63, 3.8) is 0 Å². The Kier molecular flexibility index (Phi) is 5.23. The highest BCUT2D eigenvalue weighted by atomic mass is 32.2. The van der Waals surface area contributed by atoms with E-state index in [0.717, 1.165) is 11.8 Å². The highest BCUT2D eigenvalue weighted by Crippen LogP contribution is 2.19. The van der Waals surface area contributed by atoms with E-state index in [9.17, 15) is 16.8 Å². The van der Waals surface area contributed by atoms with Crippen molar-refractivity contribution in [3.8, 4) is 0 Å². The van der Waals surface area contributed by atoms with Crippen molar-refractivity contribution in [1.29, 1.82) is 0 Å². The van der Waals surface area contributed by atoms with E-state index in [-0.39, 0.29) is 31.1 Å². The third-order valence-electron chi connectivity index (χ3n) is 3.51. The molecule has 0 radical (unpaired) electrons. The molecule has 22 heavy (non-hydrogen) atoms. The van der Waals surface area contributed by atoms with Gasteiger partial charge in [-0.3, -0.25) is 0 Å². The first kappa shape index (κ1) is 17.4. The van der Waals surface area contributed by atoms with E-state index in [2.05, 4.69) is 0 Å². The van der Waals surface area contributed by atoms with Gasteiger partial charge in [-0.1, -0.05) is 12.1 Å². The maximum atomic E-state index is 12.6. The van der Waals surface area contributed by atoms with Crippen LogP contribution in [0.1, 0.15) is 5.56 Å².